The van der Waals surface area contributed by atoms with Crippen LogP contribution in [0.2, 0.25) is 65.7 Å². The van der Waals surface area contributed by atoms with Crippen LogP contribution in [0.4, 0.5) is 0 Å². The molecular formula is C27H73N9O3Ti. The van der Waals surface area contributed by atoms with E-state index in [2.05, 4.69) is 13.8 Å². The SMILES string of the molecule is C[CH](C)[Ti]123456(=[O])([CH2]CN)([CH2]CN)([O]CCN)([CH2]C[O]1)([CH2][CH2]2)([CH2][CH2]3)([CH2][CH2]4)([CH2][CH2]5)[CH2][CH2]6.NCCN.NCCN.NCCN. The monoisotopic (exact) mass is 620 g/mol. The number of hydrogen-bond acceptors (Lipinski definition) is 12. The standard InChI is InChI=1S/C3H7.3C2H8N2.C2H6NO.2C2H6N.C2H4O.5C2H4.O.Ti/c1-3-2;4*3-1-2-4;3*1-2-3;5*1-2;;/h3H,1-2H3;3*1-4H2;1-3H2;2*1-3H2;1-2H2;5*1-2H2;;/q;;;;-1;;;-1;;;;;;;+2. The van der Waals surface area contributed by atoms with Crippen molar-refractivity contribution in [2.45, 2.75) is 79.5 Å². The molecule has 6 heterocycles. The van der Waals surface area contributed by atoms with Gasteiger partial charge < -0.3 is 34.4 Å². The predicted molar refractivity (Wildman–Crippen MR) is 172 cm³/mol. The molecule has 0 atom stereocenters. The second kappa shape index (κ2) is 2.08. The molecule has 6 aliphatic heterocycles. The van der Waals surface area contributed by atoms with Gasteiger partial charge in [0.2, 0.25) is 0 Å². The molecule has 6 saturated heterocycles. The summed E-state index contributed by atoms with van der Waals surface area (Å²) >= 11 is 0. The van der Waals surface area contributed by atoms with Gasteiger partial charge in [-0.15, -0.1) is 0 Å². The van der Waals surface area contributed by atoms with Crippen LogP contribution in [0, 0.1) is 0 Å². The van der Waals surface area contributed by atoms with Gasteiger partial charge in [-0.3, -0.25) is 0 Å². The van der Waals surface area contributed by atoms with E-state index in [1.54, 1.807) is 0 Å². The second-order valence-corrected chi connectivity index (χ2v) is 138. The Hall–Kier alpha value is 0.0743. The molecule has 40 heavy (non-hydrogen) atoms. The van der Waals surface area contributed by atoms with Crippen LogP contribution in [0.15, 0.2) is 0 Å². The van der Waals surface area contributed by atoms with E-state index in [-0.39, 0.29) is 23.9 Å². The zero-order chi connectivity index (χ0) is 31.2. The van der Waals surface area contributed by atoms with Crippen LogP contribution in [0.1, 0.15) is 13.8 Å². The third-order valence-corrected chi connectivity index (χ3v) is 176. The Labute approximate surface area is 213 Å². The van der Waals surface area contributed by atoms with Crippen LogP contribution < -0.4 is 51.6 Å². The first-order valence-corrected chi connectivity index (χ1v) is 34.1. The maximum absolute atomic E-state index is 20.6. The van der Waals surface area contributed by atoms with Crippen LogP contribution in [-0.2, 0) is 10.6 Å². The zero-order valence-corrected chi connectivity index (χ0v) is 28.0. The van der Waals surface area contributed by atoms with Crippen LogP contribution in [-0.4, -0.2) is 72.1 Å². The van der Waals surface area contributed by atoms with Crippen molar-refractivity contribution >= 4 is 0 Å². The van der Waals surface area contributed by atoms with E-state index in [1.807, 2.05) is 0 Å². The Morgan fingerprint density at radius 1 is 0.525 bits per heavy atom. The van der Waals surface area contributed by atoms with Gasteiger partial charge in [-0.05, 0) is 0 Å². The van der Waals surface area contributed by atoms with Gasteiger partial charge in [0.25, 0.3) is 0 Å². The summed E-state index contributed by atoms with van der Waals surface area (Å²) in [5.41, 5.74) is 49.1. The van der Waals surface area contributed by atoms with Gasteiger partial charge in [0.15, 0.2) is 0 Å². The van der Waals surface area contributed by atoms with Crippen molar-refractivity contribution in [3.05, 3.63) is 0 Å². The van der Waals surface area contributed by atoms with E-state index < -0.39 is 0.664 Å². The normalized spacial score (nSPS) is 71.0. The summed E-state index contributed by atoms with van der Waals surface area (Å²) in [6, 6.07) is 0. The van der Waals surface area contributed by atoms with Gasteiger partial charge in [0, 0.05) is 39.3 Å². The van der Waals surface area contributed by atoms with Crippen molar-refractivity contribution < 1.29 is 10.6 Å². The summed E-state index contributed by atoms with van der Waals surface area (Å²) in [5.74, 6) is 0. The molecule has 0 aromatic rings. The van der Waals surface area contributed by atoms with E-state index in [0.717, 1.165) is 0 Å². The van der Waals surface area contributed by atoms with Crippen LogP contribution >= 0.6 is 0 Å². The molecule has 0 saturated carbocycles. The van der Waals surface area contributed by atoms with E-state index in [1.165, 1.54) is 0 Å². The molecule has 0 aromatic carbocycles. The number of rotatable bonds is 11. The minimum absolute atomic E-state index is 0.239. The van der Waals surface area contributed by atoms with E-state index in [9.17, 15) is 0 Å². The molecule has 6 fully saturated rings. The summed E-state index contributed by atoms with van der Waals surface area (Å²) in [4.78, 5) is 0. The molecule has 248 valence electrons. The third-order valence-electron chi connectivity index (χ3n) is 43.2. The number of nitrogens with two attached hydrogens (primary N) is 9. The van der Waals surface area contributed by atoms with E-state index in [0.29, 0.717) is 114 Å². The van der Waals surface area contributed by atoms with Crippen molar-refractivity contribution in [2.75, 3.05) is 72.1 Å². The number of hydrogen-bond donors (Lipinski definition) is 9. The fraction of sp³-hybridized carbons (Fsp3) is 1.00. The van der Waals surface area contributed by atoms with Gasteiger partial charge in [0.1, 0.15) is 0 Å². The van der Waals surface area contributed by atoms with Crippen molar-refractivity contribution in [3.8, 4) is 0 Å². The fourth-order valence-corrected chi connectivity index (χ4v) is 190. The van der Waals surface area contributed by atoms with Crippen LogP contribution in [0.5, 0.6) is 0 Å². The Balaban J connectivity index is 0.000000315. The molecule has 12 nitrogen and oxygen atoms in total. The topological polar surface area (TPSA) is 270 Å². The summed E-state index contributed by atoms with van der Waals surface area (Å²) in [7, 11) is 0. The van der Waals surface area contributed by atoms with Crippen molar-refractivity contribution in [2.24, 2.45) is 51.6 Å². The minimum atomic E-state index is -9.85. The van der Waals surface area contributed by atoms with Crippen molar-refractivity contribution in [1.29, 1.82) is 0 Å². The maximum Gasteiger partial charge on any atom is 0.00461 e. The molecule has 0 aliphatic carbocycles. The molecule has 13 heteroatoms. The first-order valence-electron chi connectivity index (χ1n) is 16.9. The van der Waals surface area contributed by atoms with E-state index >= 15 is 3.32 Å². The average Bonchev–Trinajstić information content (AvgIpc) is 3.89. The largest absolute Gasteiger partial charge is 0.329 e. The first kappa shape index (κ1) is 34.6. The van der Waals surface area contributed by atoms with Crippen molar-refractivity contribution in [3.63, 3.8) is 0 Å². The van der Waals surface area contributed by atoms with Crippen molar-refractivity contribution in [1.82, 2.24) is 0 Å². The average molecular weight is 620 g/mol. The quantitative estimate of drug-likeness (QED) is 0.151. The van der Waals surface area contributed by atoms with Gasteiger partial charge in [0.05, 0.1) is 0 Å². The molecule has 6 rings (SSSR count). The Kier molecular flexibility index (Phi) is 1.80. The molecule has 18 N–H and O–H groups in total. The molecule has 1 spiro atoms. The minimum Gasteiger partial charge on any atom is -0.329 e. The summed E-state index contributed by atoms with van der Waals surface area (Å²) in [6.45, 7) is 9.62. The third kappa shape index (κ3) is 0.687. The molecule has 0 aromatic heterocycles. The Morgan fingerprint density at radius 2 is 0.800 bits per heavy atom. The Morgan fingerprint density at radius 3 is 0.900 bits per heavy atom. The molecule has 0 radical (unpaired) electrons. The van der Waals surface area contributed by atoms with Crippen LogP contribution in [0.25, 0.3) is 0 Å². The Bertz CT molecular complexity index is 2120. The maximum atomic E-state index is 20.6. The van der Waals surface area contributed by atoms with Gasteiger partial charge in [-0.1, -0.05) is 0 Å². The molecule has 0 bridgehead atoms. The summed E-state index contributed by atoms with van der Waals surface area (Å²) in [6.07, 6.45) is 0. The molecule has 6 aliphatic rings. The smallest absolute Gasteiger partial charge is 0.00461 e. The van der Waals surface area contributed by atoms with Crippen LogP contribution in [0.3, 0.4) is 0 Å². The predicted octanol–water partition coefficient (Wildman–Crippen LogP) is 2.25. The first-order chi connectivity index (χ1) is 17.5. The van der Waals surface area contributed by atoms with Gasteiger partial charge >= 0.3 is 140 Å². The molecule has 0 unspecified atom stereocenters. The molecule has 0 amide bonds. The van der Waals surface area contributed by atoms with E-state index in [4.69, 9.17) is 58.2 Å². The second-order valence-electron chi connectivity index (χ2n) is 36.1. The summed E-state index contributed by atoms with van der Waals surface area (Å²) < 4.78 is 32.7. The van der Waals surface area contributed by atoms with Gasteiger partial charge in [-0.25, -0.2) is 0 Å². The fourth-order valence-electron chi connectivity index (χ4n) is 27.3. The van der Waals surface area contributed by atoms with Gasteiger partial charge in [-0.2, -0.15) is 0 Å². The zero-order valence-electron chi connectivity index (χ0n) is 26.5. The summed E-state index contributed by atoms with van der Waals surface area (Å²) in [5, 5.41) is 0. The molecular weight excluding hydrogens is 546 g/mol.